The van der Waals surface area contributed by atoms with Crippen LogP contribution in [0.1, 0.15) is 25.5 Å². The Kier molecular flexibility index (Phi) is 3.69. The van der Waals surface area contributed by atoms with Gasteiger partial charge in [0.25, 0.3) is 0 Å². The van der Waals surface area contributed by atoms with Crippen molar-refractivity contribution in [3.63, 3.8) is 0 Å². The van der Waals surface area contributed by atoms with Gasteiger partial charge in [-0.15, -0.1) is 0 Å². The Labute approximate surface area is 118 Å². The molecule has 5 heteroatoms. The Hall–Kier alpha value is -1.88. The van der Waals surface area contributed by atoms with Crippen LogP contribution in [-0.4, -0.2) is 39.3 Å². The smallest absolute Gasteiger partial charge is 0.222 e. The Morgan fingerprint density at radius 2 is 2.35 bits per heavy atom. The number of hydrogen-bond donors (Lipinski definition) is 1. The van der Waals surface area contributed by atoms with Crippen LogP contribution in [-0.2, 0) is 11.3 Å². The van der Waals surface area contributed by atoms with Crippen LogP contribution in [0.2, 0.25) is 0 Å². The topological polar surface area (TPSA) is 49.6 Å². The van der Waals surface area contributed by atoms with Crippen molar-refractivity contribution in [2.45, 2.75) is 32.4 Å². The highest BCUT2D eigenvalue weighted by molar-refractivity contribution is 5.78. The lowest BCUT2D eigenvalue weighted by atomic mass is 10.3. The van der Waals surface area contributed by atoms with Gasteiger partial charge in [0.2, 0.25) is 5.91 Å². The SMILES string of the molecule is CC(CN1CCCC1=O)NCc1cn2ccccc2n1. The number of nitrogens with zero attached hydrogens (tertiary/aromatic N) is 3. The van der Waals surface area contributed by atoms with E-state index in [2.05, 4.69) is 17.2 Å². The minimum absolute atomic E-state index is 0.280. The lowest BCUT2D eigenvalue weighted by molar-refractivity contribution is -0.127. The van der Waals surface area contributed by atoms with Crippen molar-refractivity contribution in [1.82, 2.24) is 19.6 Å². The fraction of sp³-hybridized carbons (Fsp3) is 0.467. The number of carbonyl (C=O) groups excluding carboxylic acids is 1. The van der Waals surface area contributed by atoms with Crippen LogP contribution >= 0.6 is 0 Å². The number of pyridine rings is 1. The maximum Gasteiger partial charge on any atom is 0.222 e. The lowest BCUT2D eigenvalue weighted by Crippen LogP contribution is -2.39. The summed E-state index contributed by atoms with van der Waals surface area (Å²) < 4.78 is 2.02. The lowest BCUT2D eigenvalue weighted by Gasteiger charge is -2.21. The van der Waals surface area contributed by atoms with Gasteiger partial charge in [-0.25, -0.2) is 4.98 Å². The van der Waals surface area contributed by atoms with Gasteiger partial charge in [0.05, 0.1) is 5.69 Å². The summed E-state index contributed by atoms with van der Waals surface area (Å²) >= 11 is 0. The molecule has 1 atom stereocenters. The molecule has 2 aromatic rings. The van der Waals surface area contributed by atoms with Gasteiger partial charge in [0, 0.05) is 44.5 Å². The molecule has 1 amide bonds. The number of nitrogens with one attached hydrogen (secondary N) is 1. The zero-order chi connectivity index (χ0) is 13.9. The molecular formula is C15H20N4O. The molecule has 0 spiro atoms. The van der Waals surface area contributed by atoms with Gasteiger partial charge in [-0.1, -0.05) is 6.07 Å². The second-order valence-electron chi connectivity index (χ2n) is 5.42. The van der Waals surface area contributed by atoms with Gasteiger partial charge in [-0.05, 0) is 25.5 Å². The average Bonchev–Trinajstić information content (AvgIpc) is 3.03. The quantitative estimate of drug-likeness (QED) is 0.896. The summed E-state index contributed by atoms with van der Waals surface area (Å²) in [6, 6.07) is 6.26. The predicted molar refractivity (Wildman–Crippen MR) is 77.3 cm³/mol. The fourth-order valence-electron chi connectivity index (χ4n) is 2.64. The first-order valence-corrected chi connectivity index (χ1v) is 7.16. The Balaban J connectivity index is 1.54. The van der Waals surface area contributed by atoms with Crippen molar-refractivity contribution in [2.75, 3.05) is 13.1 Å². The molecule has 1 aliphatic heterocycles. The minimum atomic E-state index is 0.280. The van der Waals surface area contributed by atoms with E-state index in [1.807, 2.05) is 39.9 Å². The highest BCUT2D eigenvalue weighted by atomic mass is 16.2. The molecule has 1 saturated heterocycles. The largest absolute Gasteiger partial charge is 0.341 e. The van der Waals surface area contributed by atoms with Crippen molar-refractivity contribution < 1.29 is 4.79 Å². The van der Waals surface area contributed by atoms with E-state index in [0.717, 1.165) is 37.4 Å². The number of hydrogen-bond acceptors (Lipinski definition) is 3. The molecule has 3 heterocycles. The molecule has 1 fully saturated rings. The third kappa shape index (κ3) is 2.82. The molecule has 0 aliphatic carbocycles. The second-order valence-corrected chi connectivity index (χ2v) is 5.42. The Morgan fingerprint density at radius 1 is 1.45 bits per heavy atom. The molecule has 5 nitrogen and oxygen atoms in total. The number of carbonyl (C=O) groups is 1. The summed E-state index contributed by atoms with van der Waals surface area (Å²) in [6.07, 6.45) is 5.74. The minimum Gasteiger partial charge on any atom is -0.341 e. The summed E-state index contributed by atoms with van der Waals surface area (Å²) in [6.45, 7) is 4.53. The van der Waals surface area contributed by atoms with Crippen LogP contribution in [0.4, 0.5) is 0 Å². The first-order valence-electron chi connectivity index (χ1n) is 7.16. The number of rotatable bonds is 5. The van der Waals surface area contributed by atoms with E-state index < -0.39 is 0 Å². The highest BCUT2D eigenvalue weighted by Gasteiger charge is 2.21. The molecule has 0 aromatic carbocycles. The van der Waals surface area contributed by atoms with Gasteiger partial charge in [-0.2, -0.15) is 0 Å². The van der Waals surface area contributed by atoms with Crippen LogP contribution in [0.5, 0.6) is 0 Å². The summed E-state index contributed by atoms with van der Waals surface area (Å²) in [4.78, 5) is 18.1. The molecule has 3 rings (SSSR count). The molecule has 0 saturated carbocycles. The predicted octanol–water partition coefficient (Wildman–Crippen LogP) is 1.43. The van der Waals surface area contributed by atoms with Crippen LogP contribution in [0.25, 0.3) is 5.65 Å². The standard InChI is InChI=1S/C15H20N4O/c1-12(10-19-8-4-6-15(19)20)16-9-13-11-18-7-3-2-5-14(18)17-13/h2-3,5,7,11-12,16H,4,6,8-10H2,1H3. The maximum absolute atomic E-state index is 11.6. The van der Waals surface area contributed by atoms with Crippen LogP contribution in [0, 0.1) is 0 Å². The van der Waals surface area contributed by atoms with Crippen molar-refractivity contribution in [2.24, 2.45) is 0 Å². The van der Waals surface area contributed by atoms with Crippen molar-refractivity contribution in [3.8, 4) is 0 Å². The first-order chi connectivity index (χ1) is 9.72. The molecule has 106 valence electrons. The van der Waals surface area contributed by atoms with E-state index in [4.69, 9.17) is 0 Å². The molecular weight excluding hydrogens is 252 g/mol. The molecule has 1 aliphatic rings. The molecule has 1 unspecified atom stereocenters. The van der Waals surface area contributed by atoms with E-state index in [9.17, 15) is 4.79 Å². The molecule has 0 bridgehead atoms. The Bertz CT molecular complexity index is 574. The molecule has 0 radical (unpaired) electrons. The number of aromatic nitrogens is 2. The molecule has 20 heavy (non-hydrogen) atoms. The van der Waals surface area contributed by atoms with E-state index in [-0.39, 0.29) is 11.9 Å². The molecule has 2 aromatic heterocycles. The van der Waals surface area contributed by atoms with Gasteiger partial charge in [0.15, 0.2) is 0 Å². The van der Waals surface area contributed by atoms with E-state index in [0.29, 0.717) is 6.42 Å². The zero-order valence-electron chi connectivity index (χ0n) is 11.7. The van der Waals surface area contributed by atoms with Crippen LogP contribution < -0.4 is 5.32 Å². The molecule has 1 N–H and O–H groups in total. The second kappa shape index (κ2) is 5.63. The van der Waals surface area contributed by atoms with Gasteiger partial charge < -0.3 is 14.6 Å². The third-order valence-electron chi connectivity index (χ3n) is 3.71. The van der Waals surface area contributed by atoms with Crippen molar-refractivity contribution in [1.29, 1.82) is 0 Å². The van der Waals surface area contributed by atoms with Gasteiger partial charge >= 0.3 is 0 Å². The average molecular weight is 272 g/mol. The summed E-state index contributed by atoms with van der Waals surface area (Å²) in [7, 11) is 0. The summed E-state index contributed by atoms with van der Waals surface area (Å²) in [5.74, 6) is 0.284. The third-order valence-corrected chi connectivity index (χ3v) is 3.71. The number of amides is 1. The van der Waals surface area contributed by atoms with Crippen molar-refractivity contribution in [3.05, 3.63) is 36.3 Å². The van der Waals surface area contributed by atoms with E-state index in [1.54, 1.807) is 0 Å². The monoisotopic (exact) mass is 272 g/mol. The summed E-state index contributed by atoms with van der Waals surface area (Å²) in [5.41, 5.74) is 1.99. The van der Waals surface area contributed by atoms with E-state index in [1.165, 1.54) is 0 Å². The maximum atomic E-state index is 11.6. The van der Waals surface area contributed by atoms with Crippen LogP contribution in [0.3, 0.4) is 0 Å². The normalized spacial score (nSPS) is 17.1. The highest BCUT2D eigenvalue weighted by Crippen LogP contribution is 2.10. The van der Waals surface area contributed by atoms with Gasteiger partial charge in [-0.3, -0.25) is 4.79 Å². The summed E-state index contributed by atoms with van der Waals surface area (Å²) in [5, 5.41) is 3.44. The first kappa shape index (κ1) is 13.1. The fourth-order valence-corrected chi connectivity index (χ4v) is 2.64. The number of fused-ring (bicyclic) bond motifs is 1. The van der Waals surface area contributed by atoms with Crippen LogP contribution in [0.15, 0.2) is 30.6 Å². The van der Waals surface area contributed by atoms with E-state index >= 15 is 0 Å². The number of likely N-dealkylation sites (tertiary alicyclic amines) is 1. The zero-order valence-corrected chi connectivity index (χ0v) is 11.7. The van der Waals surface area contributed by atoms with Gasteiger partial charge in [0.1, 0.15) is 5.65 Å². The van der Waals surface area contributed by atoms with Crippen molar-refractivity contribution >= 4 is 11.6 Å². The Morgan fingerprint density at radius 3 is 3.10 bits per heavy atom. The number of imidazole rings is 1.